The van der Waals surface area contributed by atoms with Crippen LogP contribution in [0.4, 0.5) is 16.4 Å². The Hall–Kier alpha value is -2.20. The molecule has 2 aromatic heterocycles. The van der Waals surface area contributed by atoms with Gasteiger partial charge in [0.15, 0.2) is 17.3 Å². The zero-order valence-corrected chi connectivity index (χ0v) is 13.3. The first-order valence-corrected chi connectivity index (χ1v) is 7.25. The third-order valence-electron chi connectivity index (χ3n) is 3.39. The van der Waals surface area contributed by atoms with Crippen molar-refractivity contribution in [3.8, 4) is 0 Å². The number of hydrazine groups is 1. The lowest BCUT2D eigenvalue weighted by atomic mass is 9.92. The fourth-order valence-corrected chi connectivity index (χ4v) is 2.83. The number of carbonyl (C=O) groups is 1. The van der Waals surface area contributed by atoms with Crippen molar-refractivity contribution in [2.24, 2.45) is 5.84 Å². The molecule has 0 bridgehead atoms. The van der Waals surface area contributed by atoms with Gasteiger partial charge in [-0.1, -0.05) is 0 Å². The molecule has 3 rings (SSSR count). The summed E-state index contributed by atoms with van der Waals surface area (Å²) in [6.07, 6.45) is 0.596. The quantitative estimate of drug-likeness (QED) is 0.465. The number of fused-ring (bicyclic) bond motifs is 1. The molecule has 3 heterocycles. The molecule has 0 atom stereocenters. The minimum Gasteiger partial charge on any atom is -0.465 e. The van der Waals surface area contributed by atoms with Crippen LogP contribution in [0.2, 0.25) is 0 Å². The van der Waals surface area contributed by atoms with Gasteiger partial charge in [0.1, 0.15) is 5.52 Å². The molecule has 9 nitrogen and oxygen atoms in total. The summed E-state index contributed by atoms with van der Waals surface area (Å²) >= 11 is 3.33. The summed E-state index contributed by atoms with van der Waals surface area (Å²) in [4.78, 5) is 25.7. The van der Waals surface area contributed by atoms with Crippen molar-refractivity contribution in [1.82, 2.24) is 20.3 Å². The summed E-state index contributed by atoms with van der Waals surface area (Å²) in [6, 6.07) is 1.80. The molecular formula is C12H14BrN7O2. The summed E-state index contributed by atoms with van der Waals surface area (Å²) in [5.41, 5.74) is 3.12. The molecule has 116 valence electrons. The number of nitrogens with two attached hydrogens (primary N) is 1. The van der Waals surface area contributed by atoms with Crippen LogP contribution >= 0.6 is 15.9 Å². The monoisotopic (exact) mass is 367 g/mol. The zero-order valence-electron chi connectivity index (χ0n) is 11.7. The molecule has 1 aliphatic rings. The normalized spacial score (nSPS) is 16.2. The third kappa shape index (κ3) is 2.62. The largest absolute Gasteiger partial charge is 0.465 e. The molecule has 5 N–H and O–H groups in total. The maximum atomic E-state index is 10.8. The van der Waals surface area contributed by atoms with Gasteiger partial charge in [-0.25, -0.2) is 25.6 Å². The molecule has 22 heavy (non-hydrogen) atoms. The number of carboxylic acid groups (broad SMARTS) is 1. The van der Waals surface area contributed by atoms with Gasteiger partial charge in [-0.2, -0.15) is 0 Å². The third-order valence-corrected chi connectivity index (χ3v) is 3.83. The van der Waals surface area contributed by atoms with Gasteiger partial charge in [0.2, 0.25) is 0 Å². The molecule has 0 unspecified atom stereocenters. The summed E-state index contributed by atoms with van der Waals surface area (Å²) in [7, 11) is 0. The van der Waals surface area contributed by atoms with Crippen molar-refractivity contribution in [2.45, 2.75) is 12.5 Å². The molecule has 1 fully saturated rings. The highest BCUT2D eigenvalue weighted by Crippen LogP contribution is 2.31. The lowest BCUT2D eigenvalue weighted by Gasteiger charge is -2.48. The van der Waals surface area contributed by atoms with Crippen molar-refractivity contribution in [2.75, 3.05) is 23.4 Å². The number of nitrogen functional groups attached to an aromatic ring is 1. The van der Waals surface area contributed by atoms with Crippen molar-refractivity contribution in [1.29, 1.82) is 0 Å². The number of hydrogen-bond donors (Lipinski definition) is 4. The standard InChI is InChI=1S/C12H14BrN7O2/c1-12(18-11(21)22)4-20(5-12)10-9(19-14)16-7-2-6(13)3-15-8(7)17-10/h2-3,18H,4-5,14H2,1H3,(H,16,19)(H,21,22). The molecule has 1 amide bonds. The topological polar surface area (TPSA) is 129 Å². The molecule has 0 saturated carbocycles. The Morgan fingerprint density at radius 2 is 2.23 bits per heavy atom. The molecule has 0 aliphatic carbocycles. The minimum absolute atomic E-state index is 0.421. The molecule has 10 heteroatoms. The average molecular weight is 368 g/mol. The van der Waals surface area contributed by atoms with Gasteiger partial charge in [-0.05, 0) is 28.9 Å². The summed E-state index contributed by atoms with van der Waals surface area (Å²) in [5, 5.41) is 11.3. The van der Waals surface area contributed by atoms with Crippen molar-refractivity contribution < 1.29 is 9.90 Å². The fourth-order valence-electron chi connectivity index (χ4n) is 2.51. The lowest BCUT2D eigenvalue weighted by molar-refractivity contribution is 0.172. The Balaban J connectivity index is 1.91. The number of aromatic nitrogens is 3. The molecule has 0 radical (unpaired) electrons. The average Bonchev–Trinajstić information content (AvgIpc) is 2.42. The minimum atomic E-state index is -1.05. The molecule has 0 spiro atoms. The number of amides is 1. The molecule has 1 aliphatic heterocycles. The van der Waals surface area contributed by atoms with Gasteiger partial charge >= 0.3 is 6.09 Å². The van der Waals surface area contributed by atoms with Crippen molar-refractivity contribution in [3.05, 3.63) is 16.7 Å². The first-order chi connectivity index (χ1) is 10.4. The summed E-state index contributed by atoms with van der Waals surface area (Å²) in [6.45, 7) is 2.78. The van der Waals surface area contributed by atoms with E-state index in [0.29, 0.717) is 35.9 Å². The van der Waals surface area contributed by atoms with E-state index in [1.165, 1.54) is 0 Å². The van der Waals surface area contributed by atoms with Crippen LogP contribution in [0.5, 0.6) is 0 Å². The van der Waals surface area contributed by atoms with Crippen LogP contribution in [0.3, 0.4) is 0 Å². The number of rotatable bonds is 3. The smallest absolute Gasteiger partial charge is 0.405 e. The highest BCUT2D eigenvalue weighted by atomic mass is 79.9. The number of halogens is 1. The molecular weight excluding hydrogens is 354 g/mol. The van der Waals surface area contributed by atoms with E-state index >= 15 is 0 Å². The van der Waals surface area contributed by atoms with E-state index in [1.807, 2.05) is 11.8 Å². The number of hydrogen-bond acceptors (Lipinski definition) is 7. The fraction of sp³-hybridized carbons (Fsp3) is 0.333. The van der Waals surface area contributed by atoms with E-state index in [-0.39, 0.29) is 0 Å². The Morgan fingerprint density at radius 1 is 1.50 bits per heavy atom. The van der Waals surface area contributed by atoms with Gasteiger partial charge in [-0.3, -0.25) is 0 Å². The molecule has 1 saturated heterocycles. The number of nitrogens with zero attached hydrogens (tertiary/aromatic N) is 4. The molecule has 2 aromatic rings. The Kier molecular flexibility index (Phi) is 3.49. The van der Waals surface area contributed by atoms with E-state index in [2.05, 4.69) is 41.6 Å². The van der Waals surface area contributed by atoms with Crippen LogP contribution in [-0.2, 0) is 0 Å². The number of anilines is 2. The van der Waals surface area contributed by atoms with Crippen LogP contribution in [0.25, 0.3) is 11.2 Å². The number of nitrogens with one attached hydrogen (secondary N) is 2. The first kappa shape index (κ1) is 14.7. The molecule has 0 aromatic carbocycles. The second-order valence-electron chi connectivity index (χ2n) is 5.38. The van der Waals surface area contributed by atoms with Crippen molar-refractivity contribution >= 4 is 44.8 Å². The predicted molar refractivity (Wildman–Crippen MR) is 84.6 cm³/mol. The van der Waals surface area contributed by atoms with Gasteiger partial charge in [0.05, 0.1) is 5.54 Å². The second-order valence-corrected chi connectivity index (χ2v) is 6.30. The van der Waals surface area contributed by atoms with Crippen molar-refractivity contribution in [3.63, 3.8) is 0 Å². The van der Waals surface area contributed by atoms with E-state index in [1.54, 1.807) is 12.3 Å². The second kappa shape index (κ2) is 5.21. The van der Waals surface area contributed by atoms with Gasteiger partial charge in [-0.15, -0.1) is 0 Å². The lowest BCUT2D eigenvalue weighted by Crippen LogP contribution is -2.69. The predicted octanol–water partition coefficient (Wildman–Crippen LogP) is 0.919. The van der Waals surface area contributed by atoms with Crippen LogP contribution < -0.4 is 21.5 Å². The van der Waals surface area contributed by atoms with Gasteiger partial charge in [0.25, 0.3) is 0 Å². The maximum absolute atomic E-state index is 10.8. The highest BCUT2D eigenvalue weighted by molar-refractivity contribution is 9.10. The Bertz CT molecular complexity index is 748. The van der Waals surface area contributed by atoms with E-state index in [4.69, 9.17) is 10.9 Å². The van der Waals surface area contributed by atoms with E-state index in [9.17, 15) is 4.79 Å². The summed E-state index contributed by atoms with van der Waals surface area (Å²) in [5.74, 6) is 6.50. The number of pyridine rings is 1. The van der Waals surface area contributed by atoms with E-state index < -0.39 is 11.6 Å². The van der Waals surface area contributed by atoms with Crippen LogP contribution in [0.1, 0.15) is 6.92 Å². The van der Waals surface area contributed by atoms with Gasteiger partial charge < -0.3 is 20.7 Å². The first-order valence-electron chi connectivity index (χ1n) is 6.46. The maximum Gasteiger partial charge on any atom is 0.405 e. The highest BCUT2D eigenvalue weighted by Gasteiger charge is 2.42. The Labute approximate surface area is 134 Å². The SMILES string of the molecule is CC1(NC(=O)O)CN(c2nc3ncc(Br)cc3nc2NN)C1. The van der Waals surface area contributed by atoms with Crippen LogP contribution in [-0.4, -0.2) is 44.8 Å². The van der Waals surface area contributed by atoms with Gasteiger partial charge in [0, 0.05) is 23.8 Å². The van der Waals surface area contributed by atoms with E-state index in [0.717, 1.165) is 4.47 Å². The zero-order chi connectivity index (χ0) is 15.9. The Morgan fingerprint density at radius 3 is 2.86 bits per heavy atom. The van der Waals surface area contributed by atoms with Crippen LogP contribution in [0, 0.1) is 0 Å². The van der Waals surface area contributed by atoms with Crippen LogP contribution in [0.15, 0.2) is 16.7 Å². The summed E-state index contributed by atoms with van der Waals surface area (Å²) < 4.78 is 0.798.